The molecule has 0 spiro atoms. The zero-order valence-corrected chi connectivity index (χ0v) is 15.3. The van der Waals surface area contributed by atoms with Gasteiger partial charge in [-0.1, -0.05) is 18.2 Å². The number of nitrogens with one attached hydrogen (secondary N) is 1. The molecule has 3 heterocycles. The Kier molecular flexibility index (Phi) is 4.24. The highest BCUT2D eigenvalue weighted by atomic mass is 16.5. The van der Waals surface area contributed by atoms with Gasteiger partial charge in [0.05, 0.1) is 13.2 Å². The van der Waals surface area contributed by atoms with E-state index in [1.165, 1.54) is 18.4 Å². The van der Waals surface area contributed by atoms with E-state index in [4.69, 9.17) is 9.47 Å². The van der Waals surface area contributed by atoms with Gasteiger partial charge in [0, 0.05) is 17.2 Å². The van der Waals surface area contributed by atoms with Crippen LogP contribution in [-0.2, 0) is 11.2 Å². The Labute approximate surface area is 159 Å². The first-order valence-electron chi connectivity index (χ1n) is 9.80. The summed E-state index contributed by atoms with van der Waals surface area (Å²) in [5, 5.41) is 3.04. The van der Waals surface area contributed by atoms with Crippen molar-refractivity contribution in [3.8, 4) is 11.5 Å². The maximum absolute atomic E-state index is 12.4. The average Bonchev–Trinajstić information content (AvgIpc) is 3.19. The highest BCUT2D eigenvalue weighted by Gasteiger charge is 2.37. The zero-order chi connectivity index (χ0) is 18.2. The van der Waals surface area contributed by atoms with Crippen LogP contribution in [0.25, 0.3) is 0 Å². The van der Waals surface area contributed by atoms with Crippen molar-refractivity contribution in [2.75, 3.05) is 31.6 Å². The fourth-order valence-electron chi connectivity index (χ4n) is 4.39. The molecule has 5 heteroatoms. The average molecular weight is 364 g/mol. The second kappa shape index (κ2) is 6.89. The number of hydrogen-bond acceptors (Lipinski definition) is 4. The number of nitrogens with zero attached hydrogens (tertiary/aromatic N) is 1. The molecule has 0 aromatic heterocycles. The van der Waals surface area contributed by atoms with Gasteiger partial charge in [-0.05, 0) is 62.2 Å². The van der Waals surface area contributed by atoms with Crippen LogP contribution in [0.15, 0.2) is 42.5 Å². The summed E-state index contributed by atoms with van der Waals surface area (Å²) >= 11 is 0. The van der Waals surface area contributed by atoms with Gasteiger partial charge in [-0.25, -0.2) is 0 Å². The molecule has 0 unspecified atom stereocenters. The highest BCUT2D eigenvalue weighted by Crippen LogP contribution is 2.45. The highest BCUT2D eigenvalue weighted by molar-refractivity contribution is 5.92. The minimum absolute atomic E-state index is 0.0286. The Morgan fingerprint density at radius 3 is 2.85 bits per heavy atom. The Bertz CT molecular complexity index is 860. The molecule has 3 aliphatic heterocycles. The number of carbonyl (C=O) groups is 1. The van der Waals surface area contributed by atoms with E-state index in [1.807, 2.05) is 36.4 Å². The molecule has 0 aliphatic carbocycles. The number of anilines is 1. The normalized spacial score (nSPS) is 23.4. The molecule has 1 fully saturated rings. The molecule has 140 valence electrons. The number of rotatable bonds is 3. The number of para-hydroxylation sites is 1. The van der Waals surface area contributed by atoms with Crippen LogP contribution < -0.4 is 14.8 Å². The fraction of sp³-hybridized carbons (Fsp3) is 0.409. The van der Waals surface area contributed by atoms with Crippen molar-refractivity contribution in [2.45, 2.75) is 25.4 Å². The molecule has 2 atom stereocenters. The molecule has 3 aliphatic rings. The van der Waals surface area contributed by atoms with E-state index < -0.39 is 0 Å². The van der Waals surface area contributed by atoms with Crippen molar-refractivity contribution in [3.63, 3.8) is 0 Å². The van der Waals surface area contributed by atoms with E-state index in [1.54, 1.807) is 0 Å². The van der Waals surface area contributed by atoms with Gasteiger partial charge >= 0.3 is 0 Å². The summed E-state index contributed by atoms with van der Waals surface area (Å²) in [6.07, 6.45) is 3.29. The van der Waals surface area contributed by atoms with Gasteiger partial charge in [0.1, 0.15) is 17.6 Å². The standard InChI is InChI=1S/C22H24N2O3/c25-21(13-24-9-3-4-10-24)23-17-7-8-20-18(12-17)22-16(14-26-20)11-15-5-1-2-6-19(15)27-22/h1-2,5-8,12,16,22H,3-4,9-11,13-14H2,(H,23,25)/t16-,22-/m0/s1. The lowest BCUT2D eigenvalue weighted by molar-refractivity contribution is -0.117. The molecule has 0 bridgehead atoms. The molecule has 2 aromatic rings. The lowest BCUT2D eigenvalue weighted by atomic mass is 9.85. The van der Waals surface area contributed by atoms with Crippen molar-refractivity contribution < 1.29 is 14.3 Å². The number of ether oxygens (including phenoxy) is 2. The summed E-state index contributed by atoms with van der Waals surface area (Å²) < 4.78 is 12.3. The molecular formula is C22H24N2O3. The van der Waals surface area contributed by atoms with Crippen LogP contribution in [0.3, 0.4) is 0 Å². The second-order valence-corrected chi connectivity index (χ2v) is 7.71. The van der Waals surface area contributed by atoms with Gasteiger partial charge in [0.15, 0.2) is 0 Å². The Balaban J connectivity index is 1.36. The summed E-state index contributed by atoms with van der Waals surface area (Å²) in [5.74, 6) is 2.14. The van der Waals surface area contributed by atoms with Crippen molar-refractivity contribution >= 4 is 11.6 Å². The fourth-order valence-corrected chi connectivity index (χ4v) is 4.39. The van der Waals surface area contributed by atoms with Gasteiger partial charge < -0.3 is 14.8 Å². The predicted octanol–water partition coefficient (Wildman–Crippen LogP) is 3.41. The number of likely N-dealkylation sites (tertiary alicyclic amines) is 1. The first-order chi connectivity index (χ1) is 13.3. The molecular weight excluding hydrogens is 340 g/mol. The largest absolute Gasteiger partial charge is 0.493 e. The predicted molar refractivity (Wildman–Crippen MR) is 103 cm³/mol. The monoisotopic (exact) mass is 364 g/mol. The van der Waals surface area contributed by atoms with Crippen LogP contribution in [0.5, 0.6) is 11.5 Å². The third-order valence-corrected chi connectivity index (χ3v) is 5.76. The summed E-state index contributed by atoms with van der Waals surface area (Å²) in [7, 11) is 0. The Hall–Kier alpha value is -2.53. The van der Waals surface area contributed by atoms with E-state index in [-0.39, 0.29) is 12.0 Å². The van der Waals surface area contributed by atoms with Gasteiger partial charge in [-0.3, -0.25) is 9.69 Å². The summed E-state index contributed by atoms with van der Waals surface area (Å²) in [6, 6.07) is 14.1. The van der Waals surface area contributed by atoms with E-state index in [2.05, 4.69) is 16.3 Å². The van der Waals surface area contributed by atoms with Crippen LogP contribution >= 0.6 is 0 Å². The molecule has 1 N–H and O–H groups in total. The first kappa shape index (κ1) is 16.6. The number of benzene rings is 2. The molecule has 5 rings (SSSR count). The van der Waals surface area contributed by atoms with E-state index in [0.717, 1.165) is 42.3 Å². The van der Waals surface area contributed by atoms with Crippen LogP contribution in [0.1, 0.15) is 30.1 Å². The number of hydrogen-bond donors (Lipinski definition) is 1. The molecule has 2 aromatic carbocycles. The minimum atomic E-state index is -0.0286. The van der Waals surface area contributed by atoms with E-state index in [0.29, 0.717) is 19.1 Å². The minimum Gasteiger partial charge on any atom is -0.493 e. The quantitative estimate of drug-likeness (QED) is 0.907. The van der Waals surface area contributed by atoms with Crippen LogP contribution in [0, 0.1) is 5.92 Å². The SMILES string of the molecule is O=C(CN1CCCC1)Nc1ccc2c(c1)[C@H]1Oc3ccccc3C[C@H]1CO2. The van der Waals surface area contributed by atoms with Crippen molar-refractivity contribution in [1.29, 1.82) is 0 Å². The number of carbonyl (C=O) groups excluding carboxylic acids is 1. The number of amides is 1. The van der Waals surface area contributed by atoms with Gasteiger partial charge in [-0.2, -0.15) is 0 Å². The van der Waals surface area contributed by atoms with Gasteiger partial charge in [-0.15, -0.1) is 0 Å². The summed E-state index contributed by atoms with van der Waals surface area (Å²) in [5.41, 5.74) is 3.07. The lowest BCUT2D eigenvalue weighted by Crippen LogP contribution is -2.34. The second-order valence-electron chi connectivity index (χ2n) is 7.71. The molecule has 1 amide bonds. The molecule has 5 nitrogen and oxygen atoms in total. The smallest absolute Gasteiger partial charge is 0.238 e. The molecule has 0 radical (unpaired) electrons. The number of fused-ring (bicyclic) bond motifs is 4. The van der Waals surface area contributed by atoms with Gasteiger partial charge in [0.25, 0.3) is 0 Å². The maximum atomic E-state index is 12.4. The van der Waals surface area contributed by atoms with Crippen LogP contribution in [-0.4, -0.2) is 37.0 Å². The van der Waals surface area contributed by atoms with Crippen LogP contribution in [0.4, 0.5) is 5.69 Å². The van der Waals surface area contributed by atoms with Crippen molar-refractivity contribution in [1.82, 2.24) is 4.90 Å². The molecule has 1 saturated heterocycles. The maximum Gasteiger partial charge on any atom is 0.238 e. The van der Waals surface area contributed by atoms with Crippen LogP contribution in [0.2, 0.25) is 0 Å². The summed E-state index contributed by atoms with van der Waals surface area (Å²) in [4.78, 5) is 14.6. The third-order valence-electron chi connectivity index (χ3n) is 5.76. The van der Waals surface area contributed by atoms with E-state index >= 15 is 0 Å². The van der Waals surface area contributed by atoms with Gasteiger partial charge in [0.2, 0.25) is 5.91 Å². The first-order valence-corrected chi connectivity index (χ1v) is 9.80. The van der Waals surface area contributed by atoms with Crippen molar-refractivity contribution in [3.05, 3.63) is 53.6 Å². The van der Waals surface area contributed by atoms with E-state index in [9.17, 15) is 4.79 Å². The third kappa shape index (κ3) is 3.28. The Morgan fingerprint density at radius 2 is 1.96 bits per heavy atom. The molecule has 27 heavy (non-hydrogen) atoms. The molecule has 0 saturated carbocycles. The Morgan fingerprint density at radius 1 is 1.11 bits per heavy atom. The topological polar surface area (TPSA) is 50.8 Å². The van der Waals surface area contributed by atoms with Crippen molar-refractivity contribution in [2.24, 2.45) is 5.92 Å². The zero-order valence-electron chi connectivity index (χ0n) is 15.3. The lowest BCUT2D eigenvalue weighted by Gasteiger charge is -2.38. The summed E-state index contributed by atoms with van der Waals surface area (Å²) in [6.45, 7) is 3.15.